The largest absolute Gasteiger partial charge is 0.485 e. The average molecular weight is 248 g/mol. The number of nitrogens with two attached hydrogens (primary N) is 1. The predicted octanol–water partition coefficient (Wildman–Crippen LogP) is 1.59. The van der Waals surface area contributed by atoms with E-state index in [4.69, 9.17) is 15.9 Å². The fourth-order valence-electron chi connectivity index (χ4n) is 1.32. The summed E-state index contributed by atoms with van der Waals surface area (Å²) in [4.78, 5) is 11.3. The highest BCUT2D eigenvalue weighted by Gasteiger charge is 2.15. The third-order valence-corrected chi connectivity index (χ3v) is 2.22. The van der Waals surface area contributed by atoms with Gasteiger partial charge in [-0.1, -0.05) is 30.3 Å². The van der Waals surface area contributed by atoms with Crippen molar-refractivity contribution in [2.24, 2.45) is 5.73 Å². The van der Waals surface area contributed by atoms with Gasteiger partial charge in [0, 0.05) is 0 Å². The standard InChI is InChI=1S/C13H16N2O3/c1-9(14)12(11(15)13(16)17-2)18-8-10-6-4-3-5-7-10/h3-7,14H,8,15H2,1-2H3/b12-11+,14-9?. The maximum absolute atomic E-state index is 11.3. The number of benzene rings is 1. The molecule has 0 saturated carbocycles. The molecular weight excluding hydrogens is 232 g/mol. The van der Waals surface area contributed by atoms with E-state index >= 15 is 0 Å². The second-order valence-corrected chi connectivity index (χ2v) is 3.63. The molecule has 0 saturated heterocycles. The smallest absolute Gasteiger partial charge is 0.357 e. The Balaban J connectivity index is 2.83. The Bertz CT molecular complexity index is 466. The van der Waals surface area contributed by atoms with Crippen molar-refractivity contribution in [3.8, 4) is 0 Å². The maximum Gasteiger partial charge on any atom is 0.357 e. The molecule has 96 valence electrons. The van der Waals surface area contributed by atoms with Gasteiger partial charge in [-0.25, -0.2) is 4.79 Å². The first-order chi connectivity index (χ1) is 8.56. The lowest BCUT2D eigenvalue weighted by atomic mass is 10.2. The molecular formula is C13H16N2O3. The van der Waals surface area contributed by atoms with Gasteiger partial charge in [0.15, 0.2) is 11.5 Å². The first kappa shape index (κ1) is 13.8. The van der Waals surface area contributed by atoms with Crippen LogP contribution in [0.1, 0.15) is 12.5 Å². The molecule has 0 aliphatic heterocycles. The van der Waals surface area contributed by atoms with E-state index in [1.165, 1.54) is 14.0 Å². The summed E-state index contributed by atoms with van der Waals surface area (Å²) in [5.74, 6) is -0.657. The number of esters is 1. The van der Waals surface area contributed by atoms with Gasteiger partial charge >= 0.3 is 5.97 Å². The molecule has 0 unspecified atom stereocenters. The summed E-state index contributed by atoms with van der Waals surface area (Å²) in [5.41, 5.74) is 6.39. The van der Waals surface area contributed by atoms with Gasteiger partial charge in [0.2, 0.25) is 0 Å². The van der Waals surface area contributed by atoms with Crippen molar-refractivity contribution in [2.45, 2.75) is 13.5 Å². The van der Waals surface area contributed by atoms with E-state index in [0.29, 0.717) is 0 Å². The van der Waals surface area contributed by atoms with Gasteiger partial charge in [-0.2, -0.15) is 0 Å². The van der Waals surface area contributed by atoms with Gasteiger partial charge in [0.1, 0.15) is 6.61 Å². The Morgan fingerprint density at radius 1 is 1.33 bits per heavy atom. The number of nitrogens with one attached hydrogen (secondary N) is 1. The number of carbonyl (C=O) groups is 1. The minimum atomic E-state index is -0.704. The number of carbonyl (C=O) groups excluding carboxylic acids is 1. The van der Waals surface area contributed by atoms with E-state index in [9.17, 15) is 4.79 Å². The molecule has 18 heavy (non-hydrogen) atoms. The Hall–Kier alpha value is -2.30. The first-order valence-electron chi connectivity index (χ1n) is 5.36. The number of allylic oxidation sites excluding steroid dienone is 1. The molecule has 3 N–H and O–H groups in total. The maximum atomic E-state index is 11.3. The summed E-state index contributed by atoms with van der Waals surface area (Å²) in [6.45, 7) is 1.74. The zero-order valence-electron chi connectivity index (χ0n) is 10.4. The highest BCUT2D eigenvalue weighted by molar-refractivity contribution is 6.01. The predicted molar refractivity (Wildman–Crippen MR) is 67.9 cm³/mol. The number of methoxy groups -OCH3 is 1. The second-order valence-electron chi connectivity index (χ2n) is 3.63. The SMILES string of the molecule is COC(=O)/C(N)=C(\OCc1ccccc1)C(C)=N. The lowest BCUT2D eigenvalue weighted by molar-refractivity contribution is -0.136. The van der Waals surface area contributed by atoms with Crippen LogP contribution in [0.25, 0.3) is 0 Å². The van der Waals surface area contributed by atoms with Crippen LogP contribution in [0.3, 0.4) is 0 Å². The van der Waals surface area contributed by atoms with E-state index in [1.807, 2.05) is 30.3 Å². The summed E-state index contributed by atoms with van der Waals surface area (Å²) in [6.07, 6.45) is 0. The monoisotopic (exact) mass is 248 g/mol. The molecule has 0 aromatic heterocycles. The van der Waals surface area contributed by atoms with Gasteiger partial charge < -0.3 is 20.6 Å². The van der Waals surface area contributed by atoms with Gasteiger partial charge in [0.05, 0.1) is 12.8 Å². The summed E-state index contributed by atoms with van der Waals surface area (Å²) >= 11 is 0. The van der Waals surface area contributed by atoms with Crippen LogP contribution in [0.4, 0.5) is 0 Å². The Labute approximate surface area is 106 Å². The van der Waals surface area contributed by atoms with Crippen molar-refractivity contribution in [3.05, 3.63) is 47.4 Å². The van der Waals surface area contributed by atoms with Crippen molar-refractivity contribution >= 4 is 11.7 Å². The van der Waals surface area contributed by atoms with Gasteiger partial charge in [-0.15, -0.1) is 0 Å². The van der Waals surface area contributed by atoms with Gasteiger partial charge in [0.25, 0.3) is 0 Å². The third kappa shape index (κ3) is 3.62. The minimum Gasteiger partial charge on any atom is -0.485 e. The second kappa shape index (κ2) is 6.44. The molecule has 0 heterocycles. The lowest BCUT2D eigenvalue weighted by Gasteiger charge is -2.11. The Morgan fingerprint density at radius 2 is 1.94 bits per heavy atom. The van der Waals surface area contributed by atoms with E-state index in [0.717, 1.165) is 5.56 Å². The van der Waals surface area contributed by atoms with E-state index in [2.05, 4.69) is 4.74 Å². The zero-order chi connectivity index (χ0) is 13.5. The summed E-state index contributed by atoms with van der Waals surface area (Å²) < 4.78 is 9.90. The van der Waals surface area contributed by atoms with Crippen LogP contribution in [-0.4, -0.2) is 18.8 Å². The fourth-order valence-corrected chi connectivity index (χ4v) is 1.32. The summed E-state index contributed by atoms with van der Waals surface area (Å²) in [6, 6.07) is 9.41. The number of rotatable bonds is 5. The normalized spacial score (nSPS) is 11.4. The van der Waals surface area contributed by atoms with E-state index < -0.39 is 5.97 Å². The number of ether oxygens (including phenoxy) is 2. The molecule has 0 spiro atoms. The average Bonchev–Trinajstić information content (AvgIpc) is 2.38. The Kier molecular flexibility index (Phi) is 4.92. The molecule has 5 heteroatoms. The molecule has 0 amide bonds. The molecule has 5 nitrogen and oxygen atoms in total. The van der Waals surface area contributed by atoms with Crippen LogP contribution in [-0.2, 0) is 20.9 Å². The summed E-state index contributed by atoms with van der Waals surface area (Å²) in [7, 11) is 1.23. The van der Waals surface area contributed by atoms with Crippen molar-refractivity contribution in [3.63, 3.8) is 0 Å². The van der Waals surface area contributed by atoms with Crippen LogP contribution < -0.4 is 5.73 Å². The van der Waals surface area contributed by atoms with Crippen LogP contribution in [0.15, 0.2) is 41.8 Å². The molecule has 1 rings (SSSR count). The molecule has 1 aromatic rings. The van der Waals surface area contributed by atoms with Crippen LogP contribution >= 0.6 is 0 Å². The quantitative estimate of drug-likeness (QED) is 0.358. The topological polar surface area (TPSA) is 85.4 Å². The van der Waals surface area contributed by atoms with Gasteiger partial charge in [-0.3, -0.25) is 0 Å². The highest BCUT2D eigenvalue weighted by Crippen LogP contribution is 2.10. The van der Waals surface area contributed by atoms with E-state index in [1.54, 1.807) is 0 Å². The lowest BCUT2D eigenvalue weighted by Crippen LogP contribution is -2.20. The molecule has 0 fully saturated rings. The van der Waals surface area contributed by atoms with Crippen molar-refractivity contribution in [2.75, 3.05) is 7.11 Å². The fraction of sp³-hybridized carbons (Fsp3) is 0.231. The molecule has 0 bridgehead atoms. The number of hydrogen-bond donors (Lipinski definition) is 2. The molecule has 0 radical (unpaired) electrons. The van der Waals surface area contributed by atoms with Crippen molar-refractivity contribution < 1.29 is 14.3 Å². The Morgan fingerprint density at radius 3 is 2.44 bits per heavy atom. The molecule has 0 atom stereocenters. The van der Waals surface area contributed by atoms with Crippen LogP contribution in [0, 0.1) is 5.41 Å². The summed E-state index contributed by atoms with van der Waals surface area (Å²) in [5, 5.41) is 7.55. The van der Waals surface area contributed by atoms with Crippen molar-refractivity contribution in [1.29, 1.82) is 5.41 Å². The molecule has 1 aromatic carbocycles. The van der Waals surface area contributed by atoms with Crippen molar-refractivity contribution in [1.82, 2.24) is 0 Å². The number of hydrogen-bond acceptors (Lipinski definition) is 5. The molecule has 0 aliphatic carbocycles. The molecule has 0 aliphatic rings. The zero-order valence-corrected chi connectivity index (χ0v) is 10.4. The first-order valence-corrected chi connectivity index (χ1v) is 5.36. The third-order valence-electron chi connectivity index (χ3n) is 2.22. The van der Waals surface area contributed by atoms with Crippen LogP contribution in [0.2, 0.25) is 0 Å². The highest BCUT2D eigenvalue weighted by atomic mass is 16.5. The minimum absolute atomic E-state index is 0.0469. The van der Waals surface area contributed by atoms with Gasteiger partial charge in [-0.05, 0) is 12.5 Å². The van der Waals surface area contributed by atoms with E-state index in [-0.39, 0.29) is 23.8 Å². The van der Waals surface area contributed by atoms with Crippen LogP contribution in [0.5, 0.6) is 0 Å².